The van der Waals surface area contributed by atoms with Crippen molar-refractivity contribution in [2.45, 2.75) is 37.3 Å². The van der Waals surface area contributed by atoms with Crippen molar-refractivity contribution in [2.24, 2.45) is 17.6 Å². The molecule has 0 radical (unpaired) electrons. The number of hydrogen-bond acceptors (Lipinski definition) is 4. The van der Waals surface area contributed by atoms with Crippen molar-refractivity contribution in [1.82, 2.24) is 9.88 Å². The summed E-state index contributed by atoms with van der Waals surface area (Å²) in [5.41, 5.74) is 6.10. The number of nitrogens with two attached hydrogens (primary N) is 1. The van der Waals surface area contributed by atoms with Crippen molar-refractivity contribution in [3.05, 3.63) is 63.9 Å². The molecule has 5 rings (SSSR count). The van der Waals surface area contributed by atoms with E-state index < -0.39 is 35.0 Å². The van der Waals surface area contributed by atoms with Crippen molar-refractivity contribution in [2.75, 3.05) is 13.2 Å². The van der Waals surface area contributed by atoms with Crippen LogP contribution in [0.5, 0.6) is 0 Å². The molecule has 3 heterocycles. The van der Waals surface area contributed by atoms with Crippen LogP contribution >= 0.6 is 11.6 Å². The molecule has 2 saturated heterocycles. The number of likely N-dealkylation sites (tertiary alicyclic amines) is 1. The third kappa shape index (κ3) is 3.11. The summed E-state index contributed by atoms with van der Waals surface area (Å²) in [7, 11) is 0. The van der Waals surface area contributed by atoms with Crippen LogP contribution in [-0.2, 0) is 9.53 Å². The molecular formula is C23H22ClF2N3O3. The maximum atomic E-state index is 15.1. The summed E-state index contributed by atoms with van der Waals surface area (Å²) >= 11 is 5.79. The minimum atomic E-state index is -0.851. The Balaban J connectivity index is 1.64. The van der Waals surface area contributed by atoms with E-state index in [9.17, 15) is 14.0 Å². The first-order valence-corrected chi connectivity index (χ1v) is 10.9. The highest BCUT2D eigenvalue weighted by Gasteiger charge is 2.72. The highest BCUT2D eigenvalue weighted by Crippen LogP contribution is 2.67. The molecule has 2 amide bonds. The number of halogens is 3. The Morgan fingerprint density at radius 3 is 2.62 bits per heavy atom. The van der Waals surface area contributed by atoms with Gasteiger partial charge in [-0.1, -0.05) is 11.6 Å². The molecule has 0 spiro atoms. The van der Waals surface area contributed by atoms with Gasteiger partial charge in [0.15, 0.2) is 0 Å². The molecule has 1 aromatic carbocycles. The van der Waals surface area contributed by atoms with Crippen LogP contribution in [0.4, 0.5) is 8.78 Å². The topological polar surface area (TPSA) is 85.5 Å². The minimum absolute atomic E-state index is 0.0505. The monoisotopic (exact) mass is 461 g/mol. The Morgan fingerprint density at radius 2 is 2.00 bits per heavy atom. The van der Waals surface area contributed by atoms with Crippen molar-refractivity contribution in [3.63, 3.8) is 0 Å². The van der Waals surface area contributed by atoms with E-state index in [4.69, 9.17) is 22.1 Å². The lowest BCUT2D eigenvalue weighted by molar-refractivity contribution is -0.123. The van der Waals surface area contributed by atoms with E-state index in [1.165, 1.54) is 11.1 Å². The predicted molar refractivity (Wildman–Crippen MR) is 112 cm³/mol. The van der Waals surface area contributed by atoms with Gasteiger partial charge >= 0.3 is 0 Å². The van der Waals surface area contributed by atoms with Gasteiger partial charge in [0.2, 0.25) is 5.91 Å². The van der Waals surface area contributed by atoms with Crippen molar-refractivity contribution < 1.29 is 23.1 Å². The number of carbonyl (C=O) groups is 2. The van der Waals surface area contributed by atoms with E-state index in [-0.39, 0.29) is 28.3 Å². The molecule has 2 aromatic rings. The Labute approximate surface area is 188 Å². The first-order valence-electron chi connectivity index (χ1n) is 10.5. The maximum Gasteiger partial charge on any atom is 0.256 e. The molecule has 2 aliphatic heterocycles. The zero-order valence-electron chi connectivity index (χ0n) is 17.4. The molecule has 32 heavy (non-hydrogen) atoms. The second-order valence-corrected chi connectivity index (χ2v) is 9.44. The van der Waals surface area contributed by atoms with Gasteiger partial charge in [0.1, 0.15) is 17.7 Å². The molecular weight excluding hydrogens is 440 g/mol. The van der Waals surface area contributed by atoms with Crippen LogP contribution < -0.4 is 5.73 Å². The fourth-order valence-corrected chi connectivity index (χ4v) is 5.80. The number of rotatable bonds is 5. The Hall–Kier alpha value is -2.58. The molecule has 168 valence electrons. The van der Waals surface area contributed by atoms with Crippen LogP contribution in [0.25, 0.3) is 0 Å². The van der Waals surface area contributed by atoms with Crippen LogP contribution in [0.2, 0.25) is 5.02 Å². The van der Waals surface area contributed by atoms with Crippen LogP contribution in [0.1, 0.15) is 40.2 Å². The van der Waals surface area contributed by atoms with Gasteiger partial charge in [-0.15, -0.1) is 0 Å². The quantitative estimate of drug-likeness (QED) is 0.693. The summed E-state index contributed by atoms with van der Waals surface area (Å²) < 4.78 is 34.9. The Bertz CT molecular complexity index is 1130. The van der Waals surface area contributed by atoms with Gasteiger partial charge < -0.3 is 15.4 Å². The highest BCUT2D eigenvalue weighted by atomic mass is 35.5. The van der Waals surface area contributed by atoms with E-state index in [0.717, 1.165) is 17.7 Å². The minimum Gasteiger partial charge on any atom is -0.381 e. The number of aryl methyl sites for hydroxylation is 1. The van der Waals surface area contributed by atoms with E-state index in [1.54, 1.807) is 12.3 Å². The van der Waals surface area contributed by atoms with Gasteiger partial charge in [0.25, 0.3) is 5.91 Å². The second-order valence-electron chi connectivity index (χ2n) is 9.04. The number of nitrogens with zero attached hydrogens (tertiary/aromatic N) is 2. The zero-order chi connectivity index (χ0) is 22.8. The van der Waals surface area contributed by atoms with E-state index in [0.29, 0.717) is 31.6 Å². The van der Waals surface area contributed by atoms with E-state index in [1.807, 2.05) is 6.92 Å². The third-order valence-corrected chi connectivity index (χ3v) is 7.40. The number of benzene rings is 1. The standard InChI is InChI=1S/C23H22ClF2N3O3/c1-11-2-12(8-28-7-11)22(31)29-19(21(27)30)3-14-6-23(14,29)20(13-9-32-10-13)15-4-18(26)16(24)5-17(15)25/h2,4-5,7-8,13-14,19-20H,3,6,9-10H2,1H3,(H2,27,30)/t14?,19?,20-,23?/m1/s1. The zero-order valence-corrected chi connectivity index (χ0v) is 18.1. The molecule has 2 N–H and O–H groups in total. The molecule has 1 saturated carbocycles. The van der Waals surface area contributed by atoms with Gasteiger partial charge in [-0.25, -0.2) is 8.78 Å². The van der Waals surface area contributed by atoms with Crippen molar-refractivity contribution in [1.29, 1.82) is 0 Å². The fourth-order valence-electron chi connectivity index (χ4n) is 5.65. The summed E-state index contributed by atoms with van der Waals surface area (Å²) in [5, 5.41) is -0.306. The number of amides is 2. The van der Waals surface area contributed by atoms with E-state index in [2.05, 4.69) is 4.98 Å². The smallest absolute Gasteiger partial charge is 0.256 e. The number of aromatic nitrogens is 1. The molecule has 4 atom stereocenters. The number of carbonyl (C=O) groups excluding carboxylic acids is 2. The second kappa shape index (κ2) is 7.49. The van der Waals surface area contributed by atoms with Gasteiger partial charge in [-0.3, -0.25) is 14.6 Å². The lowest BCUT2D eigenvalue weighted by atomic mass is 9.76. The molecule has 0 bridgehead atoms. The molecule has 3 unspecified atom stereocenters. The van der Waals surface area contributed by atoms with Crippen LogP contribution in [-0.4, -0.2) is 46.5 Å². The Morgan fingerprint density at radius 1 is 1.25 bits per heavy atom. The number of ether oxygens (including phenoxy) is 1. The largest absolute Gasteiger partial charge is 0.381 e. The van der Waals surface area contributed by atoms with Crippen LogP contribution in [0, 0.1) is 30.4 Å². The van der Waals surface area contributed by atoms with Crippen LogP contribution in [0.3, 0.4) is 0 Å². The lowest BCUT2D eigenvalue weighted by Gasteiger charge is -2.44. The number of pyridine rings is 1. The van der Waals surface area contributed by atoms with Crippen molar-refractivity contribution in [3.8, 4) is 0 Å². The number of piperidine rings is 1. The first kappa shape index (κ1) is 21.3. The first-order chi connectivity index (χ1) is 15.2. The molecule has 1 aliphatic carbocycles. The molecule has 1 aromatic heterocycles. The normalized spacial score (nSPS) is 27.6. The van der Waals surface area contributed by atoms with Gasteiger partial charge in [-0.2, -0.15) is 0 Å². The highest BCUT2D eigenvalue weighted by molar-refractivity contribution is 6.30. The number of fused-ring (bicyclic) bond motifs is 1. The van der Waals surface area contributed by atoms with Crippen molar-refractivity contribution >= 4 is 23.4 Å². The van der Waals surface area contributed by atoms with Crippen LogP contribution in [0.15, 0.2) is 30.6 Å². The average Bonchev–Trinajstić information content (AvgIpc) is 3.32. The number of primary amides is 1. The molecule has 3 fully saturated rings. The molecule has 3 aliphatic rings. The van der Waals surface area contributed by atoms with E-state index >= 15 is 4.39 Å². The summed E-state index contributed by atoms with van der Waals surface area (Å²) in [6, 6.07) is 2.94. The van der Waals surface area contributed by atoms with Gasteiger partial charge in [-0.05, 0) is 55.0 Å². The van der Waals surface area contributed by atoms with Gasteiger partial charge in [0.05, 0.1) is 29.3 Å². The summed E-state index contributed by atoms with van der Waals surface area (Å²) in [4.78, 5) is 31.6. The summed E-state index contributed by atoms with van der Waals surface area (Å²) in [6.45, 7) is 2.53. The Kier molecular flexibility index (Phi) is 4.98. The maximum absolute atomic E-state index is 15.1. The summed E-state index contributed by atoms with van der Waals surface area (Å²) in [5.74, 6) is -3.10. The fraction of sp³-hybridized carbons (Fsp3) is 0.435. The molecule has 9 heteroatoms. The average molecular weight is 462 g/mol. The van der Waals surface area contributed by atoms with Gasteiger partial charge in [0, 0.05) is 24.2 Å². The SMILES string of the molecule is Cc1cncc(C(=O)N2C(C(N)=O)CC3CC32[C@@H](c2cc(F)c(Cl)cc2F)C2COC2)c1. The number of hydrogen-bond donors (Lipinski definition) is 1. The third-order valence-electron chi connectivity index (χ3n) is 7.11. The molecule has 6 nitrogen and oxygen atoms in total. The predicted octanol–water partition coefficient (Wildman–Crippen LogP) is 3.21. The summed E-state index contributed by atoms with van der Waals surface area (Å²) in [6.07, 6.45) is 4.04. The lowest BCUT2D eigenvalue weighted by Crippen LogP contribution is -2.55.